The van der Waals surface area contributed by atoms with E-state index in [2.05, 4.69) is 31.9 Å². The molecule has 0 atom stereocenters. The Bertz CT molecular complexity index is 622. The van der Waals surface area contributed by atoms with E-state index in [1.54, 1.807) is 12.1 Å². The van der Waals surface area contributed by atoms with E-state index < -0.39 is 11.7 Å². The Hall–Kier alpha value is -1.21. The van der Waals surface area contributed by atoms with Gasteiger partial charge in [0.25, 0.3) is 0 Å². The van der Waals surface area contributed by atoms with Crippen LogP contribution in [0.3, 0.4) is 0 Å². The summed E-state index contributed by atoms with van der Waals surface area (Å²) in [6, 6.07) is 10.6. The molecule has 0 saturated heterocycles. The first-order chi connectivity index (χ1) is 10.8. The fraction of sp³-hybridized carbons (Fsp3) is 0.188. The average molecular weight is 456 g/mol. The van der Waals surface area contributed by atoms with E-state index in [0.717, 1.165) is 23.0 Å². The van der Waals surface area contributed by atoms with Crippen molar-refractivity contribution in [2.75, 3.05) is 5.33 Å². The number of Topliss-reactive ketones (excluding diaryl/α,β-unsaturated/α-hetero) is 1. The molecule has 0 heterocycles. The highest BCUT2D eigenvalue weighted by Crippen LogP contribution is 2.29. The summed E-state index contributed by atoms with van der Waals surface area (Å²) < 4.78 is 48.5. The van der Waals surface area contributed by atoms with Crippen molar-refractivity contribution in [3.8, 4) is 0 Å². The van der Waals surface area contributed by atoms with E-state index in [1.807, 2.05) is 0 Å². The Morgan fingerprint density at radius 1 is 0.913 bits per heavy atom. The van der Waals surface area contributed by atoms with Crippen LogP contribution in [0.4, 0.5) is 17.6 Å². The number of ketones is 1. The molecule has 0 unspecified atom stereocenters. The summed E-state index contributed by atoms with van der Waals surface area (Å²) in [4.78, 5) is 11.0. The molecule has 0 radical (unpaired) electrons. The number of rotatable bonds is 3. The van der Waals surface area contributed by atoms with Crippen molar-refractivity contribution in [1.29, 1.82) is 0 Å². The minimum Gasteiger partial charge on any atom is -0.293 e. The van der Waals surface area contributed by atoms with Gasteiger partial charge in [0.1, 0.15) is 5.82 Å². The van der Waals surface area contributed by atoms with Crippen LogP contribution in [0.2, 0.25) is 0 Å². The molecule has 0 spiro atoms. The van der Waals surface area contributed by atoms with Crippen molar-refractivity contribution in [2.24, 2.45) is 0 Å². The molecule has 0 bridgehead atoms. The maximum absolute atomic E-state index is 12.2. The standard InChI is InChI=1S/C9H6BrF3O.C7H6BrF/c10-5-8(14)6-1-3-7(4-2-6)9(11,12)13;8-5-6-1-3-7(9)4-2-6/h1-4H,5H2;1-4H,5H2. The van der Waals surface area contributed by atoms with Crippen LogP contribution in [0, 0.1) is 5.82 Å². The molecule has 2 aromatic carbocycles. The largest absolute Gasteiger partial charge is 0.416 e. The Balaban J connectivity index is 0.000000253. The van der Waals surface area contributed by atoms with Crippen molar-refractivity contribution >= 4 is 37.6 Å². The van der Waals surface area contributed by atoms with Crippen LogP contribution in [0.25, 0.3) is 0 Å². The van der Waals surface area contributed by atoms with Gasteiger partial charge in [-0.1, -0.05) is 56.1 Å². The monoisotopic (exact) mass is 454 g/mol. The average Bonchev–Trinajstić information content (AvgIpc) is 2.55. The smallest absolute Gasteiger partial charge is 0.293 e. The Kier molecular flexibility index (Phi) is 7.91. The molecule has 0 aliphatic heterocycles. The molecule has 0 aliphatic carbocycles. The van der Waals surface area contributed by atoms with Gasteiger partial charge in [0.2, 0.25) is 0 Å². The lowest BCUT2D eigenvalue weighted by Gasteiger charge is -2.06. The van der Waals surface area contributed by atoms with E-state index in [0.29, 0.717) is 0 Å². The van der Waals surface area contributed by atoms with Crippen LogP contribution in [-0.4, -0.2) is 11.1 Å². The van der Waals surface area contributed by atoms with Gasteiger partial charge in [-0.05, 0) is 29.8 Å². The summed E-state index contributed by atoms with van der Waals surface area (Å²) in [6.45, 7) is 0. The summed E-state index contributed by atoms with van der Waals surface area (Å²) in [5.74, 6) is -0.418. The van der Waals surface area contributed by atoms with Crippen LogP contribution >= 0.6 is 31.9 Å². The predicted molar refractivity (Wildman–Crippen MR) is 88.6 cm³/mol. The van der Waals surface area contributed by atoms with Gasteiger partial charge in [0.05, 0.1) is 10.9 Å². The Morgan fingerprint density at radius 2 is 1.43 bits per heavy atom. The second kappa shape index (κ2) is 9.17. The van der Waals surface area contributed by atoms with Gasteiger partial charge < -0.3 is 0 Å². The lowest BCUT2D eigenvalue weighted by atomic mass is 10.1. The summed E-state index contributed by atoms with van der Waals surface area (Å²) in [6.07, 6.45) is -4.35. The first kappa shape index (κ1) is 19.8. The van der Waals surface area contributed by atoms with Gasteiger partial charge in [-0.2, -0.15) is 13.2 Å². The van der Waals surface area contributed by atoms with Crippen LogP contribution in [-0.2, 0) is 11.5 Å². The Labute approximate surface area is 148 Å². The summed E-state index contributed by atoms with van der Waals surface area (Å²) >= 11 is 6.20. The molecule has 1 nitrogen and oxygen atoms in total. The maximum atomic E-state index is 12.2. The SMILES string of the molecule is Fc1ccc(CBr)cc1.O=C(CBr)c1ccc(C(F)(F)F)cc1. The molecule has 23 heavy (non-hydrogen) atoms. The number of benzene rings is 2. The van der Waals surface area contributed by atoms with Gasteiger partial charge in [-0.3, -0.25) is 4.79 Å². The van der Waals surface area contributed by atoms with E-state index in [4.69, 9.17) is 0 Å². The maximum Gasteiger partial charge on any atom is 0.416 e. The van der Waals surface area contributed by atoms with Gasteiger partial charge in [-0.25, -0.2) is 4.39 Å². The minimum atomic E-state index is -4.35. The quantitative estimate of drug-likeness (QED) is 0.315. The zero-order valence-corrected chi connectivity index (χ0v) is 14.9. The third-order valence-corrected chi connectivity index (χ3v) is 3.88. The van der Waals surface area contributed by atoms with E-state index in [9.17, 15) is 22.4 Å². The van der Waals surface area contributed by atoms with Gasteiger partial charge in [0.15, 0.2) is 5.78 Å². The van der Waals surface area contributed by atoms with Crippen molar-refractivity contribution in [3.63, 3.8) is 0 Å². The summed E-state index contributed by atoms with van der Waals surface area (Å²) in [5, 5.41) is 0.894. The minimum absolute atomic E-state index is 0.109. The predicted octanol–water partition coefficient (Wildman–Crippen LogP) is 6.00. The number of hydrogen-bond donors (Lipinski definition) is 0. The number of hydrogen-bond acceptors (Lipinski definition) is 1. The topological polar surface area (TPSA) is 17.1 Å². The van der Waals surface area contributed by atoms with Crippen molar-refractivity contribution in [3.05, 3.63) is 71.0 Å². The normalized spacial score (nSPS) is 10.7. The molecule has 2 aromatic rings. The lowest BCUT2D eigenvalue weighted by molar-refractivity contribution is -0.137. The first-order valence-electron chi connectivity index (χ1n) is 6.34. The van der Waals surface area contributed by atoms with Gasteiger partial charge >= 0.3 is 6.18 Å². The molecule has 2 rings (SSSR count). The summed E-state index contributed by atoms with van der Waals surface area (Å²) in [7, 11) is 0. The zero-order chi connectivity index (χ0) is 17.5. The van der Waals surface area contributed by atoms with Crippen LogP contribution in [0.1, 0.15) is 21.5 Å². The fourth-order valence-electron chi connectivity index (χ4n) is 1.50. The van der Waals surface area contributed by atoms with Crippen molar-refractivity contribution in [1.82, 2.24) is 0 Å². The second-order valence-electron chi connectivity index (χ2n) is 4.39. The zero-order valence-electron chi connectivity index (χ0n) is 11.7. The molecular weight excluding hydrogens is 444 g/mol. The van der Waals surface area contributed by atoms with E-state index in [-0.39, 0.29) is 22.5 Å². The molecule has 7 heteroatoms. The molecular formula is C16H12Br2F4O. The first-order valence-corrected chi connectivity index (χ1v) is 8.59. The third-order valence-electron chi connectivity index (χ3n) is 2.72. The van der Waals surface area contributed by atoms with Crippen molar-refractivity contribution in [2.45, 2.75) is 11.5 Å². The molecule has 0 fully saturated rings. The van der Waals surface area contributed by atoms with Gasteiger partial charge in [-0.15, -0.1) is 0 Å². The van der Waals surface area contributed by atoms with Crippen LogP contribution in [0.15, 0.2) is 48.5 Å². The van der Waals surface area contributed by atoms with E-state index >= 15 is 0 Å². The summed E-state index contributed by atoms with van der Waals surface area (Å²) in [5.41, 5.74) is 0.620. The fourth-order valence-corrected chi connectivity index (χ4v) is 2.19. The molecule has 0 saturated carbocycles. The highest BCUT2D eigenvalue weighted by Gasteiger charge is 2.30. The number of halogens is 6. The number of alkyl halides is 5. The van der Waals surface area contributed by atoms with Gasteiger partial charge in [0, 0.05) is 10.9 Å². The van der Waals surface area contributed by atoms with Crippen LogP contribution in [0.5, 0.6) is 0 Å². The second-order valence-corrected chi connectivity index (χ2v) is 5.51. The lowest BCUT2D eigenvalue weighted by Crippen LogP contribution is -2.06. The highest BCUT2D eigenvalue weighted by molar-refractivity contribution is 9.09. The number of carbonyl (C=O) groups is 1. The Morgan fingerprint density at radius 3 is 1.83 bits per heavy atom. The number of carbonyl (C=O) groups excluding carboxylic acids is 1. The highest BCUT2D eigenvalue weighted by atomic mass is 79.9. The molecule has 0 aliphatic rings. The molecule has 0 aromatic heterocycles. The van der Waals surface area contributed by atoms with Crippen LogP contribution < -0.4 is 0 Å². The third kappa shape index (κ3) is 6.83. The van der Waals surface area contributed by atoms with E-state index in [1.165, 1.54) is 24.3 Å². The van der Waals surface area contributed by atoms with Crippen molar-refractivity contribution < 1.29 is 22.4 Å². The molecule has 0 N–H and O–H groups in total. The molecule has 0 amide bonds. The molecule has 124 valence electrons.